The molecule has 0 atom stereocenters. The zero-order valence-corrected chi connectivity index (χ0v) is 17.9. The van der Waals surface area contributed by atoms with Crippen molar-refractivity contribution < 1.29 is 13.2 Å². The minimum atomic E-state index is -3.59. The Morgan fingerprint density at radius 1 is 1.07 bits per heavy atom. The van der Waals surface area contributed by atoms with Crippen molar-refractivity contribution in [1.29, 1.82) is 0 Å². The Bertz CT molecular complexity index is 1210. The van der Waals surface area contributed by atoms with Gasteiger partial charge in [-0.2, -0.15) is 4.31 Å². The van der Waals surface area contributed by atoms with Gasteiger partial charge in [0.2, 0.25) is 10.0 Å². The van der Waals surface area contributed by atoms with Crippen LogP contribution in [0.2, 0.25) is 0 Å². The molecule has 8 nitrogen and oxygen atoms in total. The number of rotatable bonds is 7. The molecule has 1 heterocycles. The number of aryl methyl sites for hydroxylation is 1. The predicted octanol–water partition coefficient (Wildman–Crippen LogP) is 2.76. The summed E-state index contributed by atoms with van der Waals surface area (Å²) >= 11 is 0. The Kier molecular flexibility index (Phi) is 6.23. The van der Waals surface area contributed by atoms with Crippen molar-refractivity contribution in [2.45, 2.75) is 25.7 Å². The number of nitrogens with one attached hydrogen (secondary N) is 2. The van der Waals surface area contributed by atoms with Gasteiger partial charge >= 0.3 is 5.69 Å². The van der Waals surface area contributed by atoms with Crippen molar-refractivity contribution in [3.8, 4) is 5.69 Å². The number of nitrogens with zero attached hydrogens (tertiary/aromatic N) is 2. The van der Waals surface area contributed by atoms with Gasteiger partial charge in [-0.3, -0.25) is 9.36 Å². The van der Waals surface area contributed by atoms with Gasteiger partial charge in [-0.25, -0.2) is 13.2 Å². The van der Waals surface area contributed by atoms with E-state index in [4.69, 9.17) is 0 Å². The van der Waals surface area contributed by atoms with Crippen LogP contribution in [0.1, 0.15) is 29.9 Å². The first kappa shape index (κ1) is 21.5. The van der Waals surface area contributed by atoms with E-state index in [1.165, 1.54) is 33.1 Å². The molecule has 0 aliphatic heterocycles. The maximum absolute atomic E-state index is 12.7. The molecule has 30 heavy (non-hydrogen) atoms. The maximum Gasteiger partial charge on any atom is 0.330 e. The fourth-order valence-electron chi connectivity index (χ4n) is 3.21. The fraction of sp³-hybridized carbons (Fsp3) is 0.238. The van der Waals surface area contributed by atoms with Gasteiger partial charge in [0.05, 0.1) is 16.3 Å². The van der Waals surface area contributed by atoms with Gasteiger partial charge in [-0.05, 0) is 43.3 Å². The summed E-state index contributed by atoms with van der Waals surface area (Å²) in [6, 6.07) is 12.8. The number of para-hydroxylation sites is 2. The highest BCUT2D eigenvalue weighted by Crippen LogP contribution is 2.21. The number of carbonyl (C=O) groups is 1. The summed E-state index contributed by atoms with van der Waals surface area (Å²) in [4.78, 5) is 27.6. The van der Waals surface area contributed by atoms with Crippen molar-refractivity contribution >= 4 is 21.6 Å². The summed E-state index contributed by atoms with van der Waals surface area (Å²) in [5.74, 6) is -0.407. The Morgan fingerprint density at radius 3 is 2.27 bits per heavy atom. The van der Waals surface area contributed by atoms with Crippen LogP contribution in [-0.2, 0) is 10.0 Å². The lowest BCUT2D eigenvalue weighted by atomic mass is 10.2. The topological polar surface area (TPSA) is 104 Å². The van der Waals surface area contributed by atoms with Gasteiger partial charge in [-0.15, -0.1) is 0 Å². The molecule has 1 aromatic heterocycles. The number of carbonyl (C=O) groups excluding carboxylic acids is 1. The first-order valence-corrected chi connectivity index (χ1v) is 11.0. The summed E-state index contributed by atoms with van der Waals surface area (Å²) in [6.07, 6.45) is 1.59. The van der Waals surface area contributed by atoms with Crippen molar-refractivity contribution in [2.24, 2.45) is 0 Å². The molecule has 1 amide bonds. The number of benzene rings is 2. The highest BCUT2D eigenvalue weighted by Gasteiger charge is 2.22. The Morgan fingerprint density at radius 2 is 1.70 bits per heavy atom. The van der Waals surface area contributed by atoms with Crippen molar-refractivity contribution in [2.75, 3.05) is 18.4 Å². The molecule has 0 aliphatic carbocycles. The lowest BCUT2D eigenvalue weighted by Crippen LogP contribution is -2.30. The molecule has 2 aromatic carbocycles. The van der Waals surface area contributed by atoms with Crippen LogP contribution in [0, 0.1) is 6.92 Å². The normalized spacial score (nSPS) is 11.6. The molecule has 0 saturated carbocycles. The SMILES string of the molecule is CCN(CC)S(=O)(=O)c1ccc(C(=O)Nc2ccccc2-n2c(C)c[nH]c2=O)cc1. The van der Waals surface area contributed by atoms with Crippen molar-refractivity contribution in [1.82, 2.24) is 13.9 Å². The number of aromatic amines is 1. The molecular formula is C21H24N4O4S. The quantitative estimate of drug-likeness (QED) is 0.604. The summed E-state index contributed by atoms with van der Waals surface area (Å²) < 4.78 is 28.0. The van der Waals surface area contributed by atoms with Gasteiger partial charge < -0.3 is 10.3 Å². The summed E-state index contributed by atoms with van der Waals surface area (Å²) in [7, 11) is -3.59. The third-order valence-corrected chi connectivity index (χ3v) is 6.88. The van der Waals surface area contributed by atoms with E-state index in [-0.39, 0.29) is 10.6 Å². The number of amides is 1. The Balaban J connectivity index is 1.87. The predicted molar refractivity (Wildman–Crippen MR) is 116 cm³/mol. The van der Waals surface area contributed by atoms with Crippen LogP contribution in [0.25, 0.3) is 5.69 Å². The van der Waals surface area contributed by atoms with Crippen LogP contribution >= 0.6 is 0 Å². The van der Waals surface area contributed by atoms with Crippen molar-refractivity contribution in [3.63, 3.8) is 0 Å². The molecule has 0 fully saturated rings. The molecule has 0 radical (unpaired) electrons. The zero-order valence-electron chi connectivity index (χ0n) is 17.0. The van der Waals surface area contributed by atoms with Crippen LogP contribution in [0.15, 0.2) is 64.4 Å². The zero-order chi connectivity index (χ0) is 21.9. The van der Waals surface area contributed by atoms with E-state index in [1.54, 1.807) is 51.2 Å². The van der Waals surface area contributed by atoms with E-state index in [1.807, 2.05) is 0 Å². The van der Waals surface area contributed by atoms with Crippen molar-refractivity contribution in [3.05, 3.63) is 76.5 Å². The van der Waals surface area contributed by atoms with Crippen LogP contribution in [0.5, 0.6) is 0 Å². The molecule has 0 spiro atoms. The van der Waals surface area contributed by atoms with Gasteiger partial charge in [0.25, 0.3) is 5.91 Å². The van der Waals surface area contributed by atoms with E-state index in [9.17, 15) is 18.0 Å². The third kappa shape index (κ3) is 4.07. The molecule has 2 N–H and O–H groups in total. The molecule has 0 aliphatic rings. The third-order valence-electron chi connectivity index (χ3n) is 4.81. The second-order valence-electron chi connectivity index (χ2n) is 6.66. The van der Waals surface area contributed by atoms with Crippen LogP contribution < -0.4 is 11.0 Å². The van der Waals surface area contributed by atoms with Gasteiger partial charge in [0, 0.05) is 30.5 Å². The molecule has 158 valence electrons. The number of imidazole rings is 1. The lowest BCUT2D eigenvalue weighted by Gasteiger charge is -2.18. The number of H-pyrrole nitrogens is 1. The lowest BCUT2D eigenvalue weighted by molar-refractivity contribution is 0.102. The van der Waals surface area contributed by atoms with Gasteiger partial charge in [0.15, 0.2) is 0 Å². The number of hydrogen-bond acceptors (Lipinski definition) is 4. The van der Waals surface area contributed by atoms with Crippen LogP contribution in [0.3, 0.4) is 0 Å². The summed E-state index contributed by atoms with van der Waals surface area (Å²) in [5, 5.41) is 2.80. The van der Waals surface area contributed by atoms with E-state index >= 15 is 0 Å². The fourth-order valence-corrected chi connectivity index (χ4v) is 4.67. The first-order chi connectivity index (χ1) is 14.3. The highest BCUT2D eigenvalue weighted by atomic mass is 32.2. The highest BCUT2D eigenvalue weighted by molar-refractivity contribution is 7.89. The summed E-state index contributed by atoms with van der Waals surface area (Å²) in [6.45, 7) is 6.08. The number of anilines is 1. The maximum atomic E-state index is 12.7. The minimum absolute atomic E-state index is 0.137. The van der Waals surface area contributed by atoms with Gasteiger partial charge in [-0.1, -0.05) is 26.0 Å². The number of sulfonamides is 1. The molecule has 3 rings (SSSR count). The number of aromatic nitrogens is 2. The second kappa shape index (κ2) is 8.68. The first-order valence-electron chi connectivity index (χ1n) is 9.57. The average molecular weight is 429 g/mol. The van der Waals surface area contributed by atoms with E-state index in [0.29, 0.717) is 35.7 Å². The minimum Gasteiger partial charge on any atom is -0.320 e. The molecule has 3 aromatic rings. The van der Waals surface area contributed by atoms with E-state index < -0.39 is 15.9 Å². The largest absolute Gasteiger partial charge is 0.330 e. The second-order valence-corrected chi connectivity index (χ2v) is 8.59. The number of hydrogen-bond donors (Lipinski definition) is 2. The Hall–Kier alpha value is -3.17. The standard InChI is InChI=1S/C21H24N4O4S/c1-4-24(5-2)30(28,29)17-12-10-16(11-13-17)20(26)23-18-8-6-7-9-19(18)25-15(3)14-22-21(25)27/h6-14H,4-5H2,1-3H3,(H,22,27)(H,23,26). The molecular weight excluding hydrogens is 404 g/mol. The smallest absolute Gasteiger partial charge is 0.320 e. The summed E-state index contributed by atoms with van der Waals surface area (Å²) in [5.41, 5.74) is 1.71. The van der Waals surface area contributed by atoms with Crippen LogP contribution in [0.4, 0.5) is 5.69 Å². The van der Waals surface area contributed by atoms with Gasteiger partial charge in [0.1, 0.15) is 0 Å². The monoisotopic (exact) mass is 428 g/mol. The van der Waals surface area contributed by atoms with E-state index in [0.717, 1.165) is 0 Å². The molecule has 9 heteroatoms. The molecule has 0 bridgehead atoms. The average Bonchev–Trinajstić information content (AvgIpc) is 3.07. The molecule has 0 unspecified atom stereocenters. The Labute approximate surface area is 175 Å². The van der Waals surface area contributed by atoms with Crippen LogP contribution in [-0.4, -0.2) is 41.3 Å². The van der Waals surface area contributed by atoms with E-state index in [2.05, 4.69) is 10.3 Å². The molecule has 0 saturated heterocycles.